The van der Waals surface area contributed by atoms with Crippen LogP contribution in [-0.2, 0) is 59.9 Å². The molecule has 5 heavy (non-hydrogen) atoms. The molecule has 0 bridgehead atoms. The molecule has 0 aromatic rings. The Kier molecular flexibility index (Phi) is 288. The van der Waals surface area contributed by atoms with Crippen LogP contribution in [-0.4, -0.2) is 28.3 Å². The molecule has 0 saturated heterocycles. The summed E-state index contributed by atoms with van der Waals surface area (Å²) in [7, 11) is 0. The van der Waals surface area contributed by atoms with Crippen molar-refractivity contribution in [2.75, 3.05) is 0 Å². The normalized spacial score (nSPS) is 0. The van der Waals surface area contributed by atoms with E-state index < -0.39 is 0 Å². The van der Waals surface area contributed by atoms with Crippen LogP contribution in [0.15, 0.2) is 0 Å². The van der Waals surface area contributed by atoms with Crippen LogP contribution in [0.4, 0.5) is 0 Å². The van der Waals surface area contributed by atoms with Crippen molar-refractivity contribution in [3.63, 3.8) is 0 Å². The Morgan fingerprint density at radius 3 is 1.00 bits per heavy atom. The van der Waals surface area contributed by atoms with E-state index in [0.717, 1.165) is 0 Å². The van der Waals surface area contributed by atoms with Crippen molar-refractivity contribution in [1.29, 1.82) is 0 Å². The van der Waals surface area contributed by atoms with Crippen LogP contribution < -0.4 is 0 Å². The summed E-state index contributed by atoms with van der Waals surface area (Å²) in [6, 6.07) is 0. The molecule has 0 nitrogen and oxygen atoms in total. The van der Waals surface area contributed by atoms with Crippen molar-refractivity contribution >= 4 is 28.3 Å². The summed E-state index contributed by atoms with van der Waals surface area (Å²) in [5.74, 6) is 0. The molecule has 1 radical (unpaired) electrons. The van der Waals surface area contributed by atoms with Gasteiger partial charge in [0.1, 0.15) is 0 Å². The van der Waals surface area contributed by atoms with Gasteiger partial charge >= 0.3 is 0 Å². The quantitative estimate of drug-likeness (QED) is 0.427. The fourth-order valence-corrected chi connectivity index (χ4v) is 0. The van der Waals surface area contributed by atoms with Crippen LogP contribution in [0.5, 0.6) is 0 Å². The third kappa shape index (κ3) is 20.4. The summed E-state index contributed by atoms with van der Waals surface area (Å²) in [5, 5.41) is 0. The average Bonchev–Trinajstić information content (AvgIpc) is 0. The van der Waals surface area contributed by atoms with Crippen LogP contribution in [0.1, 0.15) is 0 Å². The zero-order valence-electron chi connectivity index (χ0n) is 2.26. The Labute approximate surface area is 87.0 Å². The zero-order chi connectivity index (χ0) is 0. The van der Waals surface area contributed by atoms with Crippen LogP contribution in [0.3, 0.4) is 0 Å². The van der Waals surface area contributed by atoms with Gasteiger partial charge in [-0.15, -0.1) is 0 Å². The predicted octanol–water partition coefficient (Wildman–Crippen LogP) is -2.38. The van der Waals surface area contributed by atoms with Crippen molar-refractivity contribution in [2.24, 2.45) is 0 Å². The smallest absolute Gasteiger partial charge is 0.0125 e. The number of rotatable bonds is 0. The van der Waals surface area contributed by atoms with Gasteiger partial charge in [-0.05, 0) is 11.0 Å². The molecule has 0 aliphatic rings. The number of hydrogen-bond acceptors (Lipinski definition) is 0. The maximum Gasteiger partial charge on any atom is 0.187 e. The molecular formula is H6AlFeMoSiTi. The van der Waals surface area contributed by atoms with E-state index in [0.29, 0.717) is 0 Å². The maximum atomic E-state index is 0. The van der Waals surface area contributed by atoms with Crippen molar-refractivity contribution < 1.29 is 59.9 Å². The molecule has 0 amide bonds. The van der Waals surface area contributed by atoms with Crippen molar-refractivity contribution in [3.8, 4) is 0 Å². The van der Waals surface area contributed by atoms with Crippen LogP contribution >= 0.6 is 0 Å². The predicted molar refractivity (Wildman–Crippen MR) is 19.9 cm³/mol. The van der Waals surface area contributed by atoms with E-state index in [1.54, 1.807) is 0 Å². The number of hydrogen-bond donors (Lipinski definition) is 0. The van der Waals surface area contributed by atoms with Crippen molar-refractivity contribution in [2.45, 2.75) is 0 Å². The Morgan fingerprint density at radius 1 is 1.00 bits per heavy atom. The van der Waals surface area contributed by atoms with E-state index in [1.165, 1.54) is 0 Å². The monoisotopic (exact) mass is 263 g/mol. The summed E-state index contributed by atoms with van der Waals surface area (Å²) in [6.07, 6.45) is 0. The van der Waals surface area contributed by atoms with Gasteiger partial charge in [0.15, 0.2) is 17.4 Å². The Hall–Kier alpha value is 2.67. The molecule has 0 fully saturated rings. The summed E-state index contributed by atoms with van der Waals surface area (Å²) in [5.41, 5.74) is 0. The second kappa shape index (κ2) is 30.1. The van der Waals surface area contributed by atoms with Gasteiger partial charge in [-0.3, -0.25) is 0 Å². The SMILES string of the molecule is [AlH3].[Fe].[Mo].[SiH3].[Ti]. The van der Waals surface area contributed by atoms with Crippen molar-refractivity contribution in [1.82, 2.24) is 0 Å². The van der Waals surface area contributed by atoms with E-state index in [4.69, 9.17) is 0 Å². The molecule has 0 aliphatic carbocycles. The Balaban J connectivity index is 0. The molecular weight excluding hydrogens is 255 g/mol. The molecule has 0 rings (SSSR count). The molecule has 0 aromatic heterocycles. The summed E-state index contributed by atoms with van der Waals surface area (Å²) >= 11 is 0. The minimum atomic E-state index is 0. The molecule has 5 heteroatoms. The largest absolute Gasteiger partial charge is 0.187 e. The first-order valence-corrected chi connectivity index (χ1v) is 0. The maximum absolute atomic E-state index is 0. The molecule has 0 atom stereocenters. The zero-order valence-corrected chi connectivity index (χ0v) is 8.93. The van der Waals surface area contributed by atoms with Gasteiger partial charge in [-0.1, -0.05) is 0 Å². The first kappa shape index (κ1) is 47.8. The third-order valence-electron chi connectivity index (χ3n) is 0. The van der Waals surface area contributed by atoms with Crippen LogP contribution in [0, 0.1) is 0 Å². The molecule has 0 N–H and O–H groups in total. The van der Waals surface area contributed by atoms with E-state index in [2.05, 4.69) is 0 Å². The first-order valence-electron chi connectivity index (χ1n) is 0. The van der Waals surface area contributed by atoms with Gasteiger partial charge in [0.25, 0.3) is 0 Å². The molecule has 31 valence electrons. The molecule has 0 spiro atoms. The molecule has 0 saturated carbocycles. The molecule has 0 unspecified atom stereocenters. The Bertz CT molecular complexity index is 11.6. The average molecular weight is 261 g/mol. The van der Waals surface area contributed by atoms with Crippen LogP contribution in [0.2, 0.25) is 0 Å². The molecule has 0 aromatic carbocycles. The van der Waals surface area contributed by atoms with E-state index >= 15 is 0 Å². The van der Waals surface area contributed by atoms with Crippen molar-refractivity contribution in [3.05, 3.63) is 0 Å². The topological polar surface area (TPSA) is 0 Å². The molecule has 0 aliphatic heterocycles. The van der Waals surface area contributed by atoms with E-state index in [1.807, 2.05) is 0 Å². The van der Waals surface area contributed by atoms with E-state index in [9.17, 15) is 0 Å². The van der Waals surface area contributed by atoms with Gasteiger partial charge < -0.3 is 0 Å². The summed E-state index contributed by atoms with van der Waals surface area (Å²) in [4.78, 5) is 0. The minimum Gasteiger partial charge on any atom is -0.0125 e. The fourth-order valence-electron chi connectivity index (χ4n) is 0. The van der Waals surface area contributed by atoms with Gasteiger partial charge in [-0.25, -0.2) is 0 Å². The fraction of sp³-hybridized carbons (Fsp3) is 0. The third-order valence-corrected chi connectivity index (χ3v) is 0. The first-order chi connectivity index (χ1) is 0. The van der Waals surface area contributed by atoms with Gasteiger partial charge in [-0.2, -0.15) is 0 Å². The second-order valence-electron chi connectivity index (χ2n) is 0. The van der Waals surface area contributed by atoms with Crippen LogP contribution in [0.25, 0.3) is 0 Å². The summed E-state index contributed by atoms with van der Waals surface area (Å²) in [6.45, 7) is 0. The van der Waals surface area contributed by atoms with Gasteiger partial charge in [0, 0.05) is 59.9 Å². The van der Waals surface area contributed by atoms with E-state index in [-0.39, 0.29) is 88.2 Å². The minimum absolute atomic E-state index is 0. The standard InChI is InChI=1S/Al.Fe.Mo.H3Si.Ti.3H/h;;;1H3;;;;. The summed E-state index contributed by atoms with van der Waals surface area (Å²) < 4.78 is 0. The van der Waals surface area contributed by atoms with Gasteiger partial charge in [0.05, 0.1) is 0 Å². The van der Waals surface area contributed by atoms with Gasteiger partial charge in [0.2, 0.25) is 0 Å². The second-order valence-corrected chi connectivity index (χ2v) is 0. The molecule has 0 heterocycles. The Morgan fingerprint density at radius 2 is 1.00 bits per heavy atom.